The number of carbonyl (C=O) groups is 2. The first kappa shape index (κ1) is 17.3. The molecule has 0 aliphatic carbocycles. The van der Waals surface area contributed by atoms with Gasteiger partial charge >= 0.3 is 17.6 Å². The quantitative estimate of drug-likeness (QED) is 0.377. The van der Waals surface area contributed by atoms with Crippen molar-refractivity contribution in [3.63, 3.8) is 0 Å². The number of aromatic amines is 1. The monoisotopic (exact) mass is 331 g/mol. The van der Waals surface area contributed by atoms with Crippen LogP contribution >= 0.6 is 0 Å². The maximum Gasteiger partial charge on any atom is 0.365 e. The molecular weight excluding hydrogens is 314 g/mol. The molecule has 1 aromatic carbocycles. The van der Waals surface area contributed by atoms with Crippen LogP contribution in [0.15, 0.2) is 45.2 Å². The van der Waals surface area contributed by atoms with Gasteiger partial charge in [0.05, 0.1) is 24.5 Å². The van der Waals surface area contributed by atoms with Crippen LogP contribution in [-0.2, 0) is 19.1 Å². The van der Waals surface area contributed by atoms with Crippen LogP contribution in [0.1, 0.15) is 19.4 Å². The van der Waals surface area contributed by atoms with Crippen LogP contribution in [0.4, 0.5) is 0 Å². The molecule has 126 valence electrons. The van der Waals surface area contributed by atoms with Crippen molar-refractivity contribution in [3.05, 3.63) is 51.9 Å². The van der Waals surface area contributed by atoms with E-state index in [1.165, 1.54) is 0 Å². The molecule has 1 N–H and O–H groups in total. The minimum Gasteiger partial charge on any atom is -0.462 e. The van der Waals surface area contributed by atoms with E-state index in [9.17, 15) is 14.4 Å². The van der Waals surface area contributed by atoms with E-state index in [0.29, 0.717) is 11.3 Å². The Morgan fingerprint density at radius 1 is 1.08 bits per heavy atom. The van der Waals surface area contributed by atoms with Crippen molar-refractivity contribution < 1.29 is 23.6 Å². The summed E-state index contributed by atoms with van der Waals surface area (Å²) in [6.07, 6.45) is 1.13. The van der Waals surface area contributed by atoms with E-state index < -0.39 is 17.6 Å². The predicted octanol–water partition coefficient (Wildman–Crippen LogP) is 2.14. The van der Waals surface area contributed by atoms with E-state index in [1.807, 2.05) is 6.07 Å². The Labute approximate surface area is 137 Å². The number of H-pyrrole nitrogens is 1. The second-order valence-electron chi connectivity index (χ2n) is 4.65. The summed E-state index contributed by atoms with van der Waals surface area (Å²) in [5, 5.41) is 2.50. The van der Waals surface area contributed by atoms with Crippen molar-refractivity contribution in [1.29, 1.82) is 0 Å². The lowest BCUT2D eigenvalue weighted by Crippen LogP contribution is -2.19. The van der Waals surface area contributed by atoms with Crippen LogP contribution in [0.25, 0.3) is 17.3 Å². The summed E-state index contributed by atoms with van der Waals surface area (Å²) in [6, 6.07) is 8.90. The highest BCUT2D eigenvalue weighted by Gasteiger charge is 2.23. The Morgan fingerprint density at radius 2 is 1.67 bits per heavy atom. The van der Waals surface area contributed by atoms with Gasteiger partial charge in [0.1, 0.15) is 5.57 Å². The average Bonchev–Trinajstić information content (AvgIpc) is 2.94. The fraction of sp³-hybridized carbons (Fsp3) is 0.235. The van der Waals surface area contributed by atoms with Gasteiger partial charge in [0.15, 0.2) is 0 Å². The third kappa shape index (κ3) is 3.81. The zero-order valence-corrected chi connectivity index (χ0v) is 13.3. The number of aromatic nitrogens is 1. The van der Waals surface area contributed by atoms with Gasteiger partial charge in [-0.3, -0.25) is 0 Å². The standard InChI is InChI=1S/C17H17NO6/c1-3-22-15(19)13(16(20)23-4-2)10-12-14(18-24-17(12)21)11-8-6-5-7-9-11/h5-10,18H,3-4H2,1-2H3. The summed E-state index contributed by atoms with van der Waals surface area (Å²) in [5.41, 5.74) is -0.0200. The van der Waals surface area contributed by atoms with Gasteiger partial charge in [-0.05, 0) is 19.9 Å². The first-order valence-electron chi connectivity index (χ1n) is 7.41. The Kier molecular flexibility index (Phi) is 5.73. The SMILES string of the molecule is CCOC(=O)C(=Cc1c(-c2ccccc2)[nH]oc1=O)C(=O)OCC. The van der Waals surface area contributed by atoms with Crippen molar-refractivity contribution in [2.75, 3.05) is 13.2 Å². The smallest absolute Gasteiger partial charge is 0.365 e. The van der Waals surface area contributed by atoms with Gasteiger partial charge < -0.3 is 14.0 Å². The third-order valence-corrected chi connectivity index (χ3v) is 3.08. The van der Waals surface area contributed by atoms with Gasteiger partial charge in [-0.2, -0.15) is 0 Å². The largest absolute Gasteiger partial charge is 0.462 e. The molecule has 1 aromatic heterocycles. The molecule has 1 heterocycles. The van der Waals surface area contributed by atoms with Crippen LogP contribution in [0.2, 0.25) is 0 Å². The number of hydrogen-bond donors (Lipinski definition) is 1. The van der Waals surface area contributed by atoms with Crippen molar-refractivity contribution in [2.45, 2.75) is 13.8 Å². The number of hydrogen-bond acceptors (Lipinski definition) is 6. The van der Waals surface area contributed by atoms with Gasteiger partial charge in [0.25, 0.3) is 0 Å². The molecule has 0 aliphatic rings. The number of nitrogens with one attached hydrogen (secondary N) is 1. The van der Waals surface area contributed by atoms with Gasteiger partial charge in [0, 0.05) is 5.56 Å². The molecule has 0 unspecified atom stereocenters. The van der Waals surface area contributed by atoms with E-state index in [4.69, 9.17) is 14.0 Å². The highest BCUT2D eigenvalue weighted by Crippen LogP contribution is 2.21. The van der Waals surface area contributed by atoms with E-state index in [0.717, 1.165) is 6.08 Å². The highest BCUT2D eigenvalue weighted by atomic mass is 16.6. The molecule has 7 nitrogen and oxygen atoms in total. The van der Waals surface area contributed by atoms with Crippen molar-refractivity contribution in [3.8, 4) is 11.3 Å². The normalized spacial score (nSPS) is 10.1. The molecule has 0 fully saturated rings. The molecule has 2 rings (SSSR count). The van der Waals surface area contributed by atoms with Crippen LogP contribution in [0.3, 0.4) is 0 Å². The number of benzene rings is 1. The molecule has 0 atom stereocenters. The second kappa shape index (κ2) is 7.96. The van der Waals surface area contributed by atoms with Gasteiger partial charge in [-0.15, -0.1) is 0 Å². The highest BCUT2D eigenvalue weighted by molar-refractivity contribution is 6.18. The summed E-state index contributed by atoms with van der Waals surface area (Å²) < 4.78 is 14.5. The maximum absolute atomic E-state index is 12.0. The minimum absolute atomic E-state index is 0.0392. The van der Waals surface area contributed by atoms with Crippen LogP contribution in [-0.4, -0.2) is 30.3 Å². The Morgan fingerprint density at radius 3 is 2.21 bits per heavy atom. The average molecular weight is 331 g/mol. The lowest BCUT2D eigenvalue weighted by atomic mass is 10.1. The van der Waals surface area contributed by atoms with Crippen LogP contribution in [0.5, 0.6) is 0 Å². The molecular formula is C17H17NO6. The molecule has 0 amide bonds. The predicted molar refractivity (Wildman–Crippen MR) is 86.0 cm³/mol. The number of esters is 2. The summed E-state index contributed by atoms with van der Waals surface area (Å²) in [6.45, 7) is 3.40. The fourth-order valence-electron chi connectivity index (χ4n) is 2.02. The van der Waals surface area contributed by atoms with Crippen molar-refractivity contribution >= 4 is 18.0 Å². The first-order valence-corrected chi connectivity index (χ1v) is 7.41. The van der Waals surface area contributed by atoms with Gasteiger partial charge in [0.2, 0.25) is 0 Å². The number of ether oxygens (including phenoxy) is 2. The summed E-state index contributed by atoms with van der Waals surface area (Å²) in [5.74, 6) is -1.73. The zero-order chi connectivity index (χ0) is 17.5. The van der Waals surface area contributed by atoms with Crippen molar-refractivity contribution in [2.24, 2.45) is 0 Å². The Bertz CT molecular complexity index is 780. The van der Waals surface area contributed by atoms with Gasteiger partial charge in [-0.25, -0.2) is 19.5 Å². The van der Waals surface area contributed by atoms with Crippen molar-refractivity contribution in [1.82, 2.24) is 5.16 Å². The van der Waals surface area contributed by atoms with Crippen LogP contribution < -0.4 is 5.63 Å². The number of carbonyl (C=O) groups excluding carboxylic acids is 2. The lowest BCUT2D eigenvalue weighted by Gasteiger charge is -2.06. The molecule has 0 radical (unpaired) electrons. The summed E-state index contributed by atoms with van der Waals surface area (Å²) in [7, 11) is 0. The van der Waals surface area contributed by atoms with E-state index in [-0.39, 0.29) is 24.4 Å². The molecule has 24 heavy (non-hydrogen) atoms. The molecule has 7 heteroatoms. The molecule has 0 saturated heterocycles. The molecule has 0 aliphatic heterocycles. The summed E-state index contributed by atoms with van der Waals surface area (Å²) >= 11 is 0. The molecule has 0 saturated carbocycles. The van der Waals surface area contributed by atoms with E-state index >= 15 is 0 Å². The second-order valence-corrected chi connectivity index (χ2v) is 4.65. The fourth-order valence-corrected chi connectivity index (χ4v) is 2.02. The lowest BCUT2D eigenvalue weighted by molar-refractivity contribution is -0.146. The number of rotatable bonds is 6. The Hall–Kier alpha value is -3.09. The summed E-state index contributed by atoms with van der Waals surface area (Å²) in [4.78, 5) is 36.0. The molecule has 2 aromatic rings. The first-order chi connectivity index (χ1) is 11.6. The third-order valence-electron chi connectivity index (χ3n) is 3.08. The maximum atomic E-state index is 12.0. The topological polar surface area (TPSA) is 98.6 Å². The van der Waals surface area contributed by atoms with E-state index in [2.05, 4.69) is 5.16 Å². The van der Waals surface area contributed by atoms with E-state index in [1.54, 1.807) is 38.1 Å². The van der Waals surface area contributed by atoms with Gasteiger partial charge in [-0.1, -0.05) is 30.3 Å². The minimum atomic E-state index is -0.865. The zero-order valence-electron chi connectivity index (χ0n) is 13.3. The molecule has 0 spiro atoms. The van der Waals surface area contributed by atoms with Crippen LogP contribution in [0, 0.1) is 0 Å². The Balaban J connectivity index is 2.53. The molecule has 0 bridgehead atoms.